The summed E-state index contributed by atoms with van der Waals surface area (Å²) in [5, 5.41) is 12.4. The fourth-order valence-electron chi connectivity index (χ4n) is 1.77. The monoisotopic (exact) mass is 319 g/mol. The van der Waals surface area contributed by atoms with E-state index in [1.165, 1.54) is 35.6 Å². The SMILES string of the molecule is O=C(Cn1nnn(-c2cccs2)c1=O)Nc1ccc(F)cc1. The molecule has 22 heavy (non-hydrogen) atoms. The first kappa shape index (κ1) is 14.1. The van der Waals surface area contributed by atoms with Crippen LogP contribution in [0.5, 0.6) is 0 Å². The van der Waals surface area contributed by atoms with Crippen molar-refractivity contribution >= 4 is 22.9 Å². The molecule has 9 heteroatoms. The average Bonchev–Trinajstić information content (AvgIpc) is 3.12. The summed E-state index contributed by atoms with van der Waals surface area (Å²) in [6.45, 7) is -0.276. The van der Waals surface area contributed by atoms with E-state index in [0.29, 0.717) is 10.7 Å². The van der Waals surface area contributed by atoms with Crippen LogP contribution < -0.4 is 11.0 Å². The molecule has 0 spiro atoms. The molecule has 0 unspecified atom stereocenters. The molecule has 0 saturated heterocycles. The Kier molecular flexibility index (Phi) is 3.79. The van der Waals surface area contributed by atoms with Crippen LogP contribution in [-0.2, 0) is 11.3 Å². The zero-order valence-corrected chi connectivity index (χ0v) is 12.0. The van der Waals surface area contributed by atoms with Crippen molar-refractivity contribution in [3.05, 3.63) is 58.1 Å². The van der Waals surface area contributed by atoms with Gasteiger partial charge in [0.15, 0.2) is 0 Å². The van der Waals surface area contributed by atoms with Crippen molar-refractivity contribution in [2.45, 2.75) is 6.54 Å². The van der Waals surface area contributed by atoms with Crippen molar-refractivity contribution in [2.75, 3.05) is 5.32 Å². The van der Waals surface area contributed by atoms with Gasteiger partial charge in [0, 0.05) is 5.69 Å². The van der Waals surface area contributed by atoms with E-state index in [2.05, 4.69) is 15.7 Å². The number of halogens is 1. The zero-order chi connectivity index (χ0) is 15.5. The largest absolute Gasteiger partial charge is 0.369 e. The summed E-state index contributed by atoms with van der Waals surface area (Å²) in [7, 11) is 0. The van der Waals surface area contributed by atoms with E-state index in [-0.39, 0.29) is 6.54 Å². The van der Waals surface area contributed by atoms with E-state index >= 15 is 0 Å². The molecule has 0 atom stereocenters. The fourth-order valence-corrected chi connectivity index (χ4v) is 2.44. The highest BCUT2D eigenvalue weighted by Gasteiger charge is 2.12. The highest BCUT2D eigenvalue weighted by Crippen LogP contribution is 2.10. The lowest BCUT2D eigenvalue weighted by atomic mass is 10.3. The lowest BCUT2D eigenvalue weighted by Crippen LogP contribution is -2.29. The Balaban J connectivity index is 1.72. The average molecular weight is 319 g/mol. The summed E-state index contributed by atoms with van der Waals surface area (Å²) in [6, 6.07) is 8.83. The number of amides is 1. The van der Waals surface area contributed by atoms with Crippen molar-refractivity contribution < 1.29 is 9.18 Å². The Labute approximate surface area is 127 Å². The van der Waals surface area contributed by atoms with Crippen molar-refractivity contribution in [1.82, 2.24) is 19.8 Å². The number of aromatic nitrogens is 4. The highest BCUT2D eigenvalue weighted by atomic mass is 32.1. The van der Waals surface area contributed by atoms with Gasteiger partial charge in [0.05, 0.1) is 0 Å². The number of rotatable bonds is 4. The molecule has 0 fully saturated rings. The molecular weight excluding hydrogens is 309 g/mol. The van der Waals surface area contributed by atoms with Gasteiger partial charge in [0.1, 0.15) is 17.4 Å². The molecule has 0 aliphatic rings. The Bertz CT molecular complexity index is 838. The van der Waals surface area contributed by atoms with E-state index in [1.807, 2.05) is 5.38 Å². The number of tetrazole rings is 1. The van der Waals surface area contributed by atoms with Crippen LogP contribution in [0.3, 0.4) is 0 Å². The molecule has 1 amide bonds. The molecule has 0 saturated carbocycles. The molecule has 3 aromatic rings. The maximum Gasteiger partial charge on any atom is 0.369 e. The third-order valence-corrected chi connectivity index (χ3v) is 3.62. The van der Waals surface area contributed by atoms with E-state index in [0.717, 1.165) is 9.36 Å². The third-order valence-electron chi connectivity index (χ3n) is 2.78. The van der Waals surface area contributed by atoms with Crippen LogP contribution in [-0.4, -0.2) is 25.7 Å². The summed E-state index contributed by atoms with van der Waals surface area (Å²) in [5.74, 6) is -0.847. The minimum Gasteiger partial charge on any atom is -0.324 e. The van der Waals surface area contributed by atoms with Crippen LogP contribution in [0.4, 0.5) is 10.1 Å². The number of anilines is 1. The number of hydrogen-bond acceptors (Lipinski definition) is 5. The second-order valence-corrected chi connectivity index (χ2v) is 5.26. The van der Waals surface area contributed by atoms with Gasteiger partial charge in [-0.3, -0.25) is 4.79 Å². The first-order valence-corrected chi connectivity index (χ1v) is 7.13. The molecule has 0 bridgehead atoms. The predicted octanol–water partition coefficient (Wildman–Crippen LogP) is 1.27. The van der Waals surface area contributed by atoms with Gasteiger partial charge < -0.3 is 5.32 Å². The summed E-state index contributed by atoms with van der Waals surface area (Å²) >= 11 is 1.34. The summed E-state index contributed by atoms with van der Waals surface area (Å²) in [4.78, 5) is 24.0. The molecule has 2 aromatic heterocycles. The fraction of sp³-hybridized carbons (Fsp3) is 0.0769. The molecule has 7 nitrogen and oxygen atoms in total. The number of benzene rings is 1. The van der Waals surface area contributed by atoms with Crippen LogP contribution in [0.2, 0.25) is 0 Å². The van der Waals surface area contributed by atoms with E-state index in [4.69, 9.17) is 0 Å². The smallest absolute Gasteiger partial charge is 0.324 e. The van der Waals surface area contributed by atoms with E-state index < -0.39 is 17.4 Å². The molecule has 1 N–H and O–H groups in total. The Morgan fingerprint density at radius 2 is 2.00 bits per heavy atom. The van der Waals surface area contributed by atoms with Crippen LogP contribution in [0, 0.1) is 5.82 Å². The third kappa shape index (κ3) is 2.93. The number of thiophene rings is 1. The molecule has 0 aliphatic carbocycles. The molecule has 1 aromatic carbocycles. The van der Waals surface area contributed by atoms with E-state index in [9.17, 15) is 14.0 Å². The van der Waals surface area contributed by atoms with Crippen molar-refractivity contribution in [3.8, 4) is 5.00 Å². The van der Waals surface area contributed by atoms with Crippen LogP contribution in [0.25, 0.3) is 5.00 Å². The topological polar surface area (TPSA) is 81.8 Å². The summed E-state index contributed by atoms with van der Waals surface area (Å²) in [6.07, 6.45) is 0. The van der Waals surface area contributed by atoms with Crippen molar-refractivity contribution in [3.63, 3.8) is 0 Å². The molecule has 0 aliphatic heterocycles. The maximum atomic E-state index is 12.8. The standard InChI is InChI=1S/C13H10FN5O2S/c14-9-3-5-10(6-4-9)15-11(20)8-18-13(21)19(17-16-18)12-2-1-7-22-12/h1-7H,8H2,(H,15,20). The molecule has 0 radical (unpaired) electrons. The molecular formula is C13H10FN5O2S. The second kappa shape index (κ2) is 5.90. The normalized spacial score (nSPS) is 10.6. The van der Waals surface area contributed by atoms with Gasteiger partial charge in [-0.25, -0.2) is 9.18 Å². The zero-order valence-electron chi connectivity index (χ0n) is 11.1. The van der Waals surface area contributed by atoms with Crippen LogP contribution in [0.15, 0.2) is 46.6 Å². The minimum atomic E-state index is -0.503. The predicted molar refractivity (Wildman–Crippen MR) is 78.5 cm³/mol. The first-order chi connectivity index (χ1) is 10.6. The van der Waals surface area contributed by atoms with Crippen LogP contribution >= 0.6 is 11.3 Å². The van der Waals surface area contributed by atoms with Gasteiger partial charge in [0.2, 0.25) is 5.91 Å². The van der Waals surface area contributed by atoms with Gasteiger partial charge in [-0.2, -0.15) is 9.36 Å². The second-order valence-electron chi connectivity index (χ2n) is 4.34. The Morgan fingerprint density at radius 3 is 2.68 bits per heavy atom. The quantitative estimate of drug-likeness (QED) is 0.785. The number of hydrogen-bond donors (Lipinski definition) is 1. The van der Waals surface area contributed by atoms with E-state index in [1.54, 1.807) is 12.1 Å². The highest BCUT2D eigenvalue weighted by molar-refractivity contribution is 7.12. The van der Waals surface area contributed by atoms with Crippen LogP contribution in [0.1, 0.15) is 0 Å². The summed E-state index contributed by atoms with van der Waals surface area (Å²) < 4.78 is 14.9. The van der Waals surface area contributed by atoms with Crippen molar-refractivity contribution in [1.29, 1.82) is 0 Å². The van der Waals surface area contributed by atoms with Crippen molar-refractivity contribution in [2.24, 2.45) is 0 Å². The number of carbonyl (C=O) groups excluding carboxylic acids is 1. The van der Waals surface area contributed by atoms with Gasteiger partial charge in [0.25, 0.3) is 0 Å². The summed E-state index contributed by atoms with van der Waals surface area (Å²) in [5.41, 5.74) is -0.0678. The van der Waals surface area contributed by atoms with Gasteiger partial charge >= 0.3 is 5.69 Å². The maximum absolute atomic E-state index is 12.8. The lowest BCUT2D eigenvalue weighted by Gasteiger charge is -2.03. The number of nitrogens with one attached hydrogen (secondary N) is 1. The molecule has 2 heterocycles. The Hall–Kier alpha value is -2.81. The number of nitrogens with zero attached hydrogens (tertiary/aromatic N) is 4. The Morgan fingerprint density at radius 1 is 1.23 bits per heavy atom. The minimum absolute atomic E-state index is 0.276. The van der Waals surface area contributed by atoms with Gasteiger partial charge in [-0.05, 0) is 52.2 Å². The molecule has 112 valence electrons. The lowest BCUT2D eigenvalue weighted by molar-refractivity contribution is -0.117. The molecule has 3 rings (SSSR count). The first-order valence-electron chi connectivity index (χ1n) is 6.25. The van der Waals surface area contributed by atoms with Gasteiger partial charge in [-0.1, -0.05) is 0 Å². The van der Waals surface area contributed by atoms with Gasteiger partial charge in [-0.15, -0.1) is 11.3 Å². The number of carbonyl (C=O) groups is 1.